The van der Waals surface area contributed by atoms with Crippen LogP contribution < -0.4 is 10.6 Å². The average Bonchev–Trinajstić information content (AvgIpc) is 3.02. The molecule has 7 heteroatoms. The van der Waals surface area contributed by atoms with E-state index < -0.39 is 0 Å². The second-order valence-electron chi connectivity index (χ2n) is 6.99. The molecule has 0 aromatic carbocycles. The SMILES string of the molecule is CN=C(NC)NC[C@@H]1CC(=O)N(C(C)(C)C)[C@H]1c1cnn(C)c1. The van der Waals surface area contributed by atoms with Gasteiger partial charge in [0.2, 0.25) is 5.91 Å². The molecule has 1 aliphatic rings. The molecule has 128 valence electrons. The van der Waals surface area contributed by atoms with Crippen molar-refractivity contribution in [2.24, 2.45) is 18.0 Å². The Kier molecular flexibility index (Phi) is 4.97. The van der Waals surface area contributed by atoms with Gasteiger partial charge in [-0.1, -0.05) is 0 Å². The summed E-state index contributed by atoms with van der Waals surface area (Å²) in [6.45, 7) is 6.93. The first kappa shape index (κ1) is 17.3. The molecule has 1 aliphatic heterocycles. The third-order valence-electron chi connectivity index (χ3n) is 4.21. The Bertz CT molecular complexity index is 586. The Morgan fingerprint density at radius 1 is 1.48 bits per heavy atom. The van der Waals surface area contributed by atoms with Crippen molar-refractivity contribution >= 4 is 11.9 Å². The number of nitrogens with zero attached hydrogens (tertiary/aromatic N) is 4. The molecule has 0 aliphatic carbocycles. The van der Waals surface area contributed by atoms with Crippen LogP contribution in [0.4, 0.5) is 0 Å². The zero-order valence-corrected chi connectivity index (χ0v) is 14.9. The molecule has 1 amide bonds. The lowest BCUT2D eigenvalue weighted by atomic mass is 9.93. The van der Waals surface area contributed by atoms with Crippen molar-refractivity contribution in [3.05, 3.63) is 18.0 Å². The lowest BCUT2D eigenvalue weighted by molar-refractivity contribution is -0.133. The Morgan fingerprint density at radius 3 is 2.65 bits per heavy atom. The van der Waals surface area contributed by atoms with Crippen LogP contribution in [0, 0.1) is 5.92 Å². The average molecular weight is 320 g/mol. The largest absolute Gasteiger partial charge is 0.359 e. The molecule has 1 fully saturated rings. The van der Waals surface area contributed by atoms with Gasteiger partial charge in [0.05, 0.1) is 12.2 Å². The van der Waals surface area contributed by atoms with Gasteiger partial charge in [-0.2, -0.15) is 5.10 Å². The van der Waals surface area contributed by atoms with Gasteiger partial charge in [0.1, 0.15) is 0 Å². The second kappa shape index (κ2) is 6.60. The predicted molar refractivity (Wildman–Crippen MR) is 91.1 cm³/mol. The van der Waals surface area contributed by atoms with Crippen LogP contribution in [0.25, 0.3) is 0 Å². The minimum absolute atomic E-state index is 0.0265. The summed E-state index contributed by atoms with van der Waals surface area (Å²) >= 11 is 0. The molecular formula is C16H28N6O. The molecule has 0 bridgehead atoms. The monoisotopic (exact) mass is 320 g/mol. The summed E-state index contributed by atoms with van der Waals surface area (Å²) in [6, 6.07) is 0.0265. The van der Waals surface area contributed by atoms with E-state index in [1.165, 1.54) is 0 Å². The zero-order valence-electron chi connectivity index (χ0n) is 14.9. The van der Waals surface area contributed by atoms with E-state index in [0.717, 1.165) is 11.5 Å². The minimum atomic E-state index is -0.225. The maximum atomic E-state index is 12.6. The van der Waals surface area contributed by atoms with Crippen LogP contribution in [0.15, 0.2) is 17.4 Å². The number of aromatic nitrogens is 2. The molecule has 0 unspecified atom stereocenters. The Morgan fingerprint density at radius 2 is 2.17 bits per heavy atom. The molecule has 2 N–H and O–H groups in total. The van der Waals surface area contributed by atoms with Crippen molar-refractivity contribution in [2.45, 2.75) is 38.8 Å². The van der Waals surface area contributed by atoms with E-state index >= 15 is 0 Å². The molecule has 0 saturated carbocycles. The quantitative estimate of drug-likeness (QED) is 0.641. The third-order valence-corrected chi connectivity index (χ3v) is 4.21. The number of nitrogens with one attached hydrogen (secondary N) is 2. The van der Waals surface area contributed by atoms with Crippen molar-refractivity contribution in [3.63, 3.8) is 0 Å². The van der Waals surface area contributed by atoms with E-state index in [4.69, 9.17) is 0 Å². The highest BCUT2D eigenvalue weighted by Crippen LogP contribution is 2.41. The molecular weight excluding hydrogens is 292 g/mol. The van der Waals surface area contributed by atoms with Gasteiger partial charge in [0.15, 0.2) is 5.96 Å². The molecule has 0 radical (unpaired) electrons. The summed E-state index contributed by atoms with van der Waals surface area (Å²) in [7, 11) is 5.46. The molecule has 2 atom stereocenters. The van der Waals surface area contributed by atoms with Gasteiger partial charge in [-0.3, -0.25) is 14.5 Å². The molecule has 23 heavy (non-hydrogen) atoms. The highest BCUT2D eigenvalue weighted by Gasteiger charge is 2.45. The lowest BCUT2D eigenvalue weighted by Crippen LogP contribution is -2.45. The summed E-state index contributed by atoms with van der Waals surface area (Å²) in [4.78, 5) is 18.8. The molecule has 0 spiro atoms. The number of carbonyl (C=O) groups excluding carboxylic acids is 1. The number of aliphatic imine (C=N–C) groups is 1. The van der Waals surface area contributed by atoms with Crippen molar-refractivity contribution in [1.82, 2.24) is 25.3 Å². The van der Waals surface area contributed by atoms with Crippen LogP contribution in [0.2, 0.25) is 0 Å². The fourth-order valence-corrected chi connectivity index (χ4v) is 3.30. The number of guanidine groups is 1. The van der Waals surface area contributed by atoms with Crippen molar-refractivity contribution < 1.29 is 4.79 Å². The highest BCUT2D eigenvalue weighted by molar-refractivity contribution is 5.81. The number of hydrogen-bond donors (Lipinski definition) is 2. The van der Waals surface area contributed by atoms with Gasteiger partial charge in [-0.15, -0.1) is 0 Å². The van der Waals surface area contributed by atoms with Crippen molar-refractivity contribution in [2.75, 3.05) is 20.6 Å². The van der Waals surface area contributed by atoms with Crippen LogP contribution in [0.5, 0.6) is 0 Å². The van der Waals surface area contributed by atoms with E-state index in [1.54, 1.807) is 11.7 Å². The molecule has 2 heterocycles. The number of likely N-dealkylation sites (tertiary alicyclic amines) is 1. The van der Waals surface area contributed by atoms with Gasteiger partial charge >= 0.3 is 0 Å². The van der Waals surface area contributed by atoms with Crippen LogP contribution in [-0.4, -0.2) is 52.7 Å². The molecule has 1 saturated heterocycles. The summed E-state index contributed by atoms with van der Waals surface area (Å²) in [5, 5.41) is 10.6. The fraction of sp³-hybridized carbons (Fsp3) is 0.688. The number of rotatable bonds is 3. The molecule has 1 aromatic rings. The first-order valence-corrected chi connectivity index (χ1v) is 7.97. The second-order valence-corrected chi connectivity index (χ2v) is 6.99. The van der Waals surface area contributed by atoms with Gasteiger partial charge in [-0.25, -0.2) is 0 Å². The predicted octanol–water partition coefficient (Wildman–Crippen LogP) is 0.903. The Labute approximate surface area is 138 Å². The van der Waals surface area contributed by atoms with Gasteiger partial charge < -0.3 is 15.5 Å². The van der Waals surface area contributed by atoms with Crippen LogP contribution in [-0.2, 0) is 11.8 Å². The van der Waals surface area contributed by atoms with Crippen LogP contribution >= 0.6 is 0 Å². The summed E-state index contributed by atoms with van der Waals surface area (Å²) < 4.78 is 1.79. The van der Waals surface area contributed by atoms with E-state index in [1.807, 2.05) is 31.4 Å². The van der Waals surface area contributed by atoms with E-state index in [0.29, 0.717) is 13.0 Å². The van der Waals surface area contributed by atoms with Gasteiger partial charge in [0.25, 0.3) is 0 Å². The third kappa shape index (κ3) is 3.65. The molecule has 2 rings (SSSR count). The standard InChI is InChI=1S/C16H28N6O/c1-16(2,3)22-13(23)7-11(8-19-15(17-4)18-5)14(22)12-9-20-21(6)10-12/h9-11,14H,7-8H2,1-6H3,(H2,17,18,19)/t11-,14+/m0/s1. The first-order valence-electron chi connectivity index (χ1n) is 7.97. The Balaban J connectivity index is 2.28. The van der Waals surface area contributed by atoms with E-state index in [9.17, 15) is 4.79 Å². The van der Waals surface area contributed by atoms with E-state index in [2.05, 4.69) is 41.5 Å². The topological polar surface area (TPSA) is 74.6 Å². The normalized spacial score (nSPS) is 22.6. The van der Waals surface area contributed by atoms with Crippen LogP contribution in [0.1, 0.15) is 38.8 Å². The zero-order chi connectivity index (χ0) is 17.2. The number of hydrogen-bond acceptors (Lipinski definition) is 3. The smallest absolute Gasteiger partial charge is 0.223 e. The maximum Gasteiger partial charge on any atom is 0.223 e. The lowest BCUT2D eigenvalue weighted by Gasteiger charge is -2.38. The van der Waals surface area contributed by atoms with Crippen molar-refractivity contribution in [3.8, 4) is 0 Å². The Hall–Kier alpha value is -2.05. The fourth-order valence-electron chi connectivity index (χ4n) is 3.30. The number of aryl methyl sites for hydroxylation is 1. The van der Waals surface area contributed by atoms with Crippen molar-refractivity contribution in [1.29, 1.82) is 0 Å². The molecule has 7 nitrogen and oxygen atoms in total. The van der Waals surface area contributed by atoms with Gasteiger partial charge in [-0.05, 0) is 20.8 Å². The summed E-state index contributed by atoms with van der Waals surface area (Å²) in [5.41, 5.74) is 0.858. The van der Waals surface area contributed by atoms with Crippen LogP contribution in [0.3, 0.4) is 0 Å². The van der Waals surface area contributed by atoms with E-state index in [-0.39, 0.29) is 23.4 Å². The first-order chi connectivity index (χ1) is 10.8. The minimum Gasteiger partial charge on any atom is -0.359 e. The number of carbonyl (C=O) groups is 1. The maximum absolute atomic E-state index is 12.6. The molecule has 1 aromatic heterocycles. The highest BCUT2D eigenvalue weighted by atomic mass is 16.2. The van der Waals surface area contributed by atoms with Gasteiger partial charge in [0, 0.05) is 57.3 Å². The number of amides is 1. The summed E-state index contributed by atoms with van der Waals surface area (Å²) in [5.74, 6) is 1.10. The summed E-state index contributed by atoms with van der Waals surface area (Å²) in [6.07, 6.45) is 4.40.